The number of carbonyl (C=O) groups is 1. The number of nitrogens with two attached hydrogens (primary N) is 1. The Hall–Kier alpha value is -1.35. The Kier molecular flexibility index (Phi) is 3.12. The van der Waals surface area contributed by atoms with Crippen LogP contribution >= 0.6 is 0 Å². The van der Waals surface area contributed by atoms with E-state index in [9.17, 15) is 4.79 Å². The molecule has 4 aliphatic carbocycles. The molecule has 2 N–H and O–H groups in total. The summed E-state index contributed by atoms with van der Waals surface area (Å²) in [7, 11) is 0. The maximum Gasteiger partial charge on any atom is 0.247 e. The molecule has 1 aromatic carbocycles. The summed E-state index contributed by atoms with van der Waals surface area (Å²) in [6, 6.07) is 6.16. The Labute approximate surface area is 132 Å². The van der Waals surface area contributed by atoms with Crippen molar-refractivity contribution < 1.29 is 4.79 Å². The fraction of sp³-hybridized carbons (Fsp3) is 0.632. The summed E-state index contributed by atoms with van der Waals surface area (Å²) in [6.45, 7) is 4.08. The molecule has 0 atom stereocenters. The van der Waals surface area contributed by atoms with E-state index < -0.39 is 0 Å². The monoisotopic (exact) mass is 298 g/mol. The molecule has 3 heteroatoms. The molecule has 1 aromatic rings. The predicted octanol–water partition coefficient (Wildman–Crippen LogP) is 3.73. The molecular formula is C19H26N2O. The lowest BCUT2D eigenvalue weighted by Crippen LogP contribution is -2.56. The van der Waals surface area contributed by atoms with Crippen LogP contribution in [0.15, 0.2) is 18.2 Å². The van der Waals surface area contributed by atoms with Crippen molar-refractivity contribution in [3.63, 3.8) is 0 Å². The molecular weight excluding hydrogens is 272 g/mol. The lowest BCUT2D eigenvalue weighted by Gasteiger charge is -2.56. The lowest BCUT2D eigenvalue weighted by molar-refractivity contribution is -0.143. The number of anilines is 1. The molecule has 0 heterocycles. The molecule has 0 aliphatic heterocycles. The van der Waals surface area contributed by atoms with E-state index in [4.69, 9.17) is 5.84 Å². The number of benzene rings is 1. The van der Waals surface area contributed by atoms with Crippen molar-refractivity contribution >= 4 is 11.6 Å². The molecule has 4 bridgehead atoms. The molecule has 4 fully saturated rings. The first-order valence-electron chi connectivity index (χ1n) is 8.63. The van der Waals surface area contributed by atoms with Gasteiger partial charge in [-0.3, -0.25) is 4.79 Å². The molecule has 22 heavy (non-hydrogen) atoms. The van der Waals surface area contributed by atoms with Crippen LogP contribution in [0.25, 0.3) is 0 Å². The van der Waals surface area contributed by atoms with Crippen LogP contribution in [0.5, 0.6) is 0 Å². The van der Waals surface area contributed by atoms with Gasteiger partial charge in [0.05, 0.1) is 11.1 Å². The van der Waals surface area contributed by atoms with E-state index in [1.807, 2.05) is 19.9 Å². The predicted molar refractivity (Wildman–Crippen MR) is 88.2 cm³/mol. The number of aryl methyl sites for hydroxylation is 2. The van der Waals surface area contributed by atoms with Gasteiger partial charge in [0.2, 0.25) is 5.91 Å². The molecule has 4 saturated carbocycles. The van der Waals surface area contributed by atoms with E-state index in [1.165, 1.54) is 24.3 Å². The highest BCUT2D eigenvalue weighted by molar-refractivity contribution is 5.97. The first kappa shape index (κ1) is 14.3. The van der Waals surface area contributed by atoms with Crippen molar-refractivity contribution in [2.75, 3.05) is 5.01 Å². The summed E-state index contributed by atoms with van der Waals surface area (Å²) in [5.41, 5.74) is 2.93. The number of carbonyl (C=O) groups excluding carboxylic acids is 1. The standard InChI is InChI=1S/C19H26N2O/c1-12-3-4-13(2)17(5-12)21(20)18(22)19-9-14-6-15(10-19)8-16(7-14)11-19/h3-5,14-16H,6-11,20H2,1-2H3. The number of hydrazine groups is 1. The SMILES string of the molecule is Cc1ccc(C)c(N(N)C(=O)C23CC4CC(CC(C4)C2)C3)c1. The van der Waals surface area contributed by atoms with Crippen LogP contribution in [0.3, 0.4) is 0 Å². The van der Waals surface area contributed by atoms with Crippen LogP contribution in [0.1, 0.15) is 49.7 Å². The van der Waals surface area contributed by atoms with Gasteiger partial charge >= 0.3 is 0 Å². The van der Waals surface area contributed by atoms with Crippen LogP contribution in [0.4, 0.5) is 5.69 Å². The first-order valence-corrected chi connectivity index (χ1v) is 8.63. The first-order chi connectivity index (χ1) is 10.5. The third-order valence-electron chi connectivity index (χ3n) is 6.33. The zero-order chi connectivity index (χ0) is 15.5. The second-order valence-corrected chi connectivity index (χ2v) is 8.16. The van der Waals surface area contributed by atoms with Gasteiger partial charge in [-0.2, -0.15) is 0 Å². The zero-order valence-corrected chi connectivity index (χ0v) is 13.6. The normalized spacial score (nSPS) is 35.7. The highest BCUT2D eigenvalue weighted by Crippen LogP contribution is 2.60. The number of hydrogen-bond donors (Lipinski definition) is 1. The lowest BCUT2D eigenvalue weighted by atomic mass is 9.49. The van der Waals surface area contributed by atoms with Gasteiger partial charge in [0.15, 0.2) is 0 Å². The summed E-state index contributed by atoms with van der Waals surface area (Å²) in [6.07, 6.45) is 7.24. The molecule has 1 amide bonds. The minimum Gasteiger partial charge on any atom is -0.272 e. The van der Waals surface area contributed by atoms with E-state index in [2.05, 4.69) is 12.1 Å². The van der Waals surface area contributed by atoms with Crippen molar-refractivity contribution in [2.24, 2.45) is 29.0 Å². The molecule has 0 saturated heterocycles. The minimum absolute atomic E-state index is 0.167. The number of rotatable bonds is 2. The van der Waals surface area contributed by atoms with Crippen molar-refractivity contribution in [1.29, 1.82) is 0 Å². The topological polar surface area (TPSA) is 46.3 Å². The Bertz CT molecular complexity index is 587. The quantitative estimate of drug-likeness (QED) is 0.514. The average Bonchev–Trinajstić information content (AvgIpc) is 2.47. The Morgan fingerprint density at radius 2 is 1.64 bits per heavy atom. The summed E-state index contributed by atoms with van der Waals surface area (Å²) < 4.78 is 0. The number of amides is 1. The maximum absolute atomic E-state index is 13.3. The van der Waals surface area contributed by atoms with Crippen LogP contribution in [-0.4, -0.2) is 5.91 Å². The summed E-state index contributed by atoms with van der Waals surface area (Å²) in [4.78, 5) is 13.3. The second-order valence-electron chi connectivity index (χ2n) is 8.16. The van der Waals surface area contributed by atoms with E-state index in [1.54, 1.807) is 0 Å². The third kappa shape index (κ3) is 2.10. The molecule has 0 radical (unpaired) electrons. The Balaban J connectivity index is 1.65. The highest BCUT2D eigenvalue weighted by Gasteiger charge is 2.55. The molecule has 5 rings (SSSR count). The van der Waals surface area contributed by atoms with Crippen LogP contribution in [-0.2, 0) is 4.79 Å². The average molecular weight is 298 g/mol. The molecule has 3 nitrogen and oxygen atoms in total. The number of hydrogen-bond acceptors (Lipinski definition) is 2. The molecule has 0 unspecified atom stereocenters. The van der Waals surface area contributed by atoms with Crippen molar-refractivity contribution in [1.82, 2.24) is 0 Å². The molecule has 4 aliphatic rings. The van der Waals surface area contributed by atoms with Gasteiger partial charge in [-0.15, -0.1) is 0 Å². The van der Waals surface area contributed by atoms with Crippen molar-refractivity contribution in [3.8, 4) is 0 Å². The Morgan fingerprint density at radius 3 is 2.18 bits per heavy atom. The second kappa shape index (κ2) is 4.82. The fourth-order valence-corrected chi connectivity index (χ4v) is 5.72. The van der Waals surface area contributed by atoms with Gasteiger partial charge in [0.1, 0.15) is 0 Å². The van der Waals surface area contributed by atoms with E-state index in [0.29, 0.717) is 0 Å². The number of nitrogens with zero attached hydrogens (tertiary/aromatic N) is 1. The van der Waals surface area contributed by atoms with Crippen LogP contribution in [0, 0.1) is 37.0 Å². The van der Waals surface area contributed by atoms with Crippen molar-refractivity contribution in [2.45, 2.75) is 52.4 Å². The van der Waals surface area contributed by atoms with E-state index in [0.717, 1.165) is 53.8 Å². The summed E-state index contributed by atoms with van der Waals surface area (Å²) in [5, 5.41) is 1.47. The van der Waals surface area contributed by atoms with Gasteiger partial charge in [0, 0.05) is 0 Å². The minimum atomic E-state index is -0.167. The highest BCUT2D eigenvalue weighted by atomic mass is 16.2. The van der Waals surface area contributed by atoms with Gasteiger partial charge in [0.25, 0.3) is 0 Å². The van der Waals surface area contributed by atoms with Crippen molar-refractivity contribution in [3.05, 3.63) is 29.3 Å². The van der Waals surface area contributed by atoms with Gasteiger partial charge in [-0.1, -0.05) is 12.1 Å². The van der Waals surface area contributed by atoms with E-state index in [-0.39, 0.29) is 11.3 Å². The maximum atomic E-state index is 13.3. The van der Waals surface area contributed by atoms with Gasteiger partial charge < -0.3 is 0 Å². The Morgan fingerprint density at radius 1 is 1.09 bits per heavy atom. The van der Waals surface area contributed by atoms with Gasteiger partial charge in [-0.25, -0.2) is 10.9 Å². The van der Waals surface area contributed by atoms with E-state index >= 15 is 0 Å². The molecule has 0 spiro atoms. The smallest absolute Gasteiger partial charge is 0.247 e. The third-order valence-corrected chi connectivity index (χ3v) is 6.33. The largest absolute Gasteiger partial charge is 0.272 e. The summed E-state index contributed by atoms with van der Waals surface area (Å²) in [5.74, 6) is 8.78. The zero-order valence-electron chi connectivity index (χ0n) is 13.6. The van der Waals surface area contributed by atoms with Crippen LogP contribution in [0.2, 0.25) is 0 Å². The molecule has 118 valence electrons. The summed E-state index contributed by atoms with van der Waals surface area (Å²) >= 11 is 0. The van der Waals surface area contributed by atoms with Crippen LogP contribution < -0.4 is 10.9 Å². The molecule has 0 aromatic heterocycles. The fourth-order valence-electron chi connectivity index (χ4n) is 5.72. The van der Waals surface area contributed by atoms with Gasteiger partial charge in [-0.05, 0) is 87.3 Å².